The summed E-state index contributed by atoms with van der Waals surface area (Å²) in [7, 11) is 0. The van der Waals surface area contributed by atoms with Crippen molar-refractivity contribution in [1.29, 1.82) is 0 Å². The zero-order valence-electron chi connectivity index (χ0n) is 27.9. The molecule has 15 heteroatoms. The summed E-state index contributed by atoms with van der Waals surface area (Å²) in [6.45, 7) is 3.09. The number of carboxylic acids is 1. The maximum atomic E-state index is 15.3. The van der Waals surface area contributed by atoms with E-state index in [4.69, 9.17) is 43.1 Å². The molecule has 270 valence electrons. The van der Waals surface area contributed by atoms with E-state index in [-0.39, 0.29) is 42.3 Å². The van der Waals surface area contributed by atoms with Gasteiger partial charge in [0.25, 0.3) is 5.91 Å². The highest BCUT2D eigenvalue weighted by Crippen LogP contribution is 2.40. The highest BCUT2D eigenvalue weighted by Gasteiger charge is 2.27. The largest absolute Gasteiger partial charge is 0.491 e. The van der Waals surface area contributed by atoms with Crippen molar-refractivity contribution in [1.82, 2.24) is 15.1 Å². The number of carboxylic acid groups (broad SMARTS) is 1. The van der Waals surface area contributed by atoms with Gasteiger partial charge in [0.15, 0.2) is 5.75 Å². The number of halogens is 3. The Bertz CT molecular complexity index is 1870. The summed E-state index contributed by atoms with van der Waals surface area (Å²) < 4.78 is 34.2. The second-order valence-corrected chi connectivity index (χ2v) is 12.6. The van der Waals surface area contributed by atoms with Gasteiger partial charge >= 0.3 is 12.1 Å². The van der Waals surface area contributed by atoms with Crippen LogP contribution in [0.5, 0.6) is 11.5 Å². The van der Waals surface area contributed by atoms with Gasteiger partial charge in [0, 0.05) is 50.6 Å². The first kappa shape index (κ1) is 37.4. The number of carbonyl (C=O) groups is 3. The van der Waals surface area contributed by atoms with E-state index in [0.29, 0.717) is 72.3 Å². The van der Waals surface area contributed by atoms with Crippen LogP contribution in [0.15, 0.2) is 60.9 Å². The van der Waals surface area contributed by atoms with E-state index < -0.39 is 29.8 Å². The van der Waals surface area contributed by atoms with Crippen molar-refractivity contribution in [3.8, 4) is 22.6 Å². The highest BCUT2D eigenvalue weighted by molar-refractivity contribution is 6.32. The highest BCUT2D eigenvalue weighted by atomic mass is 35.5. The zero-order chi connectivity index (χ0) is 36.5. The van der Waals surface area contributed by atoms with Gasteiger partial charge in [-0.2, -0.15) is 5.10 Å². The number of anilines is 1. The third-order valence-corrected chi connectivity index (χ3v) is 9.03. The summed E-state index contributed by atoms with van der Waals surface area (Å²) in [5.41, 5.74) is 8.10. The standard InChI is InChI=1S/C36H38Cl2FN5O7/c1-22-27(37)8-5-11-32(22)49-15-16-51-36(48)44-13-6-14-50-33-25(7-4-10-31(33)44)24-19-41-43(20-24)21-26-28(38)17-23(18-29(26)39)34(45)42-30(35(46)47)9-2-3-12-40/h4-5,7-8,10-11,17-20,30H,2-3,6,9,12-16,21,40H2,1H3,(H,42,45)(H,46,47)/t30-/m0/s1. The molecule has 1 aliphatic rings. The van der Waals surface area contributed by atoms with Crippen LogP contribution in [0.25, 0.3) is 11.1 Å². The number of aromatic nitrogens is 2. The van der Waals surface area contributed by atoms with Crippen LogP contribution in [0.2, 0.25) is 10.0 Å². The van der Waals surface area contributed by atoms with Gasteiger partial charge in [-0.15, -0.1) is 0 Å². The van der Waals surface area contributed by atoms with E-state index in [2.05, 4.69) is 10.4 Å². The molecule has 0 unspecified atom stereocenters. The molecule has 4 N–H and O–H groups in total. The molecule has 2 heterocycles. The van der Waals surface area contributed by atoms with Crippen molar-refractivity contribution in [3.05, 3.63) is 93.5 Å². The SMILES string of the molecule is Cc1c(Cl)cccc1OCCOC(=O)N1CCCOc2c(-c3cnn(Cc4c(F)cc(C(=O)N[C@@H](CCCCN)C(=O)O)cc4Cl)c3)cccc21. The van der Waals surface area contributed by atoms with Crippen molar-refractivity contribution in [2.45, 2.75) is 45.2 Å². The van der Waals surface area contributed by atoms with Crippen molar-refractivity contribution in [2.75, 3.05) is 37.8 Å². The number of unbranched alkanes of at least 4 members (excludes halogenated alkanes) is 1. The number of aliphatic carboxylic acids is 1. The molecule has 0 saturated carbocycles. The minimum Gasteiger partial charge on any atom is -0.491 e. The summed E-state index contributed by atoms with van der Waals surface area (Å²) in [5.74, 6) is -1.62. The quantitative estimate of drug-likeness (QED) is 0.123. The molecule has 3 aromatic carbocycles. The molecule has 0 radical (unpaired) electrons. The number of fused-ring (bicyclic) bond motifs is 1. The van der Waals surface area contributed by atoms with Crippen LogP contribution in [0.4, 0.5) is 14.9 Å². The number of amides is 2. The van der Waals surface area contributed by atoms with Crippen LogP contribution in [-0.2, 0) is 16.1 Å². The normalized spacial score (nSPS) is 13.1. The van der Waals surface area contributed by atoms with Gasteiger partial charge in [0.2, 0.25) is 0 Å². The first-order valence-corrected chi connectivity index (χ1v) is 17.2. The van der Waals surface area contributed by atoms with E-state index in [1.165, 1.54) is 15.6 Å². The third-order valence-electron chi connectivity index (χ3n) is 8.28. The molecule has 1 aliphatic heterocycles. The number of hydrogen-bond donors (Lipinski definition) is 3. The smallest absolute Gasteiger partial charge is 0.414 e. The molecule has 4 aromatic rings. The maximum Gasteiger partial charge on any atom is 0.414 e. The first-order chi connectivity index (χ1) is 24.6. The predicted octanol–water partition coefficient (Wildman–Crippen LogP) is 6.47. The Morgan fingerprint density at radius 1 is 1.12 bits per heavy atom. The number of para-hydroxylation sites is 1. The van der Waals surface area contributed by atoms with E-state index in [0.717, 1.165) is 11.6 Å². The molecule has 5 rings (SSSR count). The van der Waals surface area contributed by atoms with Gasteiger partial charge < -0.3 is 30.4 Å². The van der Waals surface area contributed by atoms with Crippen LogP contribution in [0.1, 0.15) is 47.2 Å². The van der Waals surface area contributed by atoms with Crippen LogP contribution >= 0.6 is 23.2 Å². The Hall–Kier alpha value is -4.85. The summed E-state index contributed by atoms with van der Waals surface area (Å²) in [4.78, 5) is 39.1. The first-order valence-electron chi connectivity index (χ1n) is 16.4. The lowest BCUT2D eigenvalue weighted by Crippen LogP contribution is -2.40. The second kappa shape index (κ2) is 17.4. The van der Waals surface area contributed by atoms with Crippen molar-refractivity contribution < 1.29 is 38.1 Å². The van der Waals surface area contributed by atoms with Gasteiger partial charge in [0.1, 0.15) is 30.8 Å². The number of nitrogens with one attached hydrogen (secondary N) is 1. The molecule has 0 spiro atoms. The summed E-state index contributed by atoms with van der Waals surface area (Å²) in [5, 5.41) is 16.9. The Labute approximate surface area is 304 Å². The minimum absolute atomic E-state index is 0.0206. The van der Waals surface area contributed by atoms with Crippen LogP contribution in [0, 0.1) is 12.7 Å². The molecule has 51 heavy (non-hydrogen) atoms. The minimum atomic E-state index is -1.20. The van der Waals surface area contributed by atoms with Gasteiger partial charge in [-0.25, -0.2) is 14.0 Å². The topological polar surface area (TPSA) is 158 Å². The number of hydrogen-bond acceptors (Lipinski definition) is 8. The Morgan fingerprint density at radius 3 is 2.69 bits per heavy atom. The molecule has 1 aromatic heterocycles. The molecule has 0 aliphatic carbocycles. The fraction of sp³-hybridized carbons (Fsp3) is 0.333. The lowest BCUT2D eigenvalue weighted by Gasteiger charge is -2.22. The number of rotatable bonds is 14. The number of carbonyl (C=O) groups excluding carboxylic acids is 2. The zero-order valence-corrected chi connectivity index (χ0v) is 29.4. The monoisotopic (exact) mass is 741 g/mol. The van der Waals surface area contributed by atoms with Crippen LogP contribution < -0.4 is 25.4 Å². The number of ether oxygens (including phenoxy) is 3. The third kappa shape index (κ3) is 9.29. The summed E-state index contributed by atoms with van der Waals surface area (Å²) in [6.07, 6.45) is 4.61. The number of nitrogens with two attached hydrogens (primary N) is 1. The molecule has 0 saturated heterocycles. The average molecular weight is 743 g/mol. The van der Waals surface area contributed by atoms with Gasteiger partial charge in [-0.3, -0.25) is 14.4 Å². The molecular formula is C36H38Cl2FN5O7. The van der Waals surface area contributed by atoms with E-state index in [9.17, 15) is 19.5 Å². The van der Waals surface area contributed by atoms with E-state index in [1.54, 1.807) is 42.7 Å². The average Bonchev–Trinajstić information content (AvgIpc) is 3.46. The lowest BCUT2D eigenvalue weighted by atomic mass is 10.1. The Balaban J connectivity index is 1.26. The maximum absolute atomic E-state index is 15.3. The van der Waals surface area contributed by atoms with Crippen molar-refractivity contribution in [2.24, 2.45) is 5.73 Å². The van der Waals surface area contributed by atoms with Gasteiger partial charge in [-0.05, 0) is 69.5 Å². The summed E-state index contributed by atoms with van der Waals surface area (Å²) in [6, 6.07) is 11.9. The van der Waals surface area contributed by atoms with E-state index in [1.807, 2.05) is 13.0 Å². The lowest BCUT2D eigenvalue weighted by molar-refractivity contribution is -0.139. The molecule has 12 nitrogen and oxygen atoms in total. The van der Waals surface area contributed by atoms with Gasteiger partial charge in [-0.1, -0.05) is 41.4 Å². The van der Waals surface area contributed by atoms with Crippen LogP contribution in [0.3, 0.4) is 0 Å². The molecule has 0 bridgehead atoms. The van der Waals surface area contributed by atoms with Crippen molar-refractivity contribution in [3.63, 3.8) is 0 Å². The molecule has 2 amide bonds. The van der Waals surface area contributed by atoms with Crippen molar-refractivity contribution >= 4 is 46.9 Å². The van der Waals surface area contributed by atoms with E-state index >= 15 is 4.39 Å². The summed E-state index contributed by atoms with van der Waals surface area (Å²) >= 11 is 12.6. The fourth-order valence-electron chi connectivity index (χ4n) is 5.55. The second-order valence-electron chi connectivity index (χ2n) is 11.8. The van der Waals surface area contributed by atoms with Gasteiger partial charge in [0.05, 0.1) is 25.0 Å². The molecule has 0 fully saturated rings. The van der Waals surface area contributed by atoms with Crippen LogP contribution in [-0.4, -0.2) is 71.8 Å². The number of nitrogens with zero attached hydrogens (tertiary/aromatic N) is 3. The Kier molecular flexibility index (Phi) is 12.8. The Morgan fingerprint density at radius 2 is 1.92 bits per heavy atom. The number of benzene rings is 3. The predicted molar refractivity (Wildman–Crippen MR) is 190 cm³/mol. The molecule has 1 atom stereocenters. The fourth-order valence-corrected chi connectivity index (χ4v) is 5.99. The molecular weight excluding hydrogens is 704 g/mol.